The maximum absolute atomic E-state index is 14.7. The SMILES string of the molecule is O=C(NCCc1ccncc1)c1ccc(Nc2ncc3nc(-c4ccccc4F)c4cc(Cl)ccc4c3n2)cc1. The fourth-order valence-electron chi connectivity index (χ4n) is 4.48. The molecule has 196 valence electrons. The summed E-state index contributed by atoms with van der Waals surface area (Å²) >= 11 is 6.30. The second kappa shape index (κ2) is 11.0. The normalized spacial score (nSPS) is 11.1. The van der Waals surface area contributed by atoms with Crippen molar-refractivity contribution in [3.8, 4) is 11.3 Å². The smallest absolute Gasteiger partial charge is 0.251 e. The second-order valence-electron chi connectivity index (χ2n) is 9.12. The van der Waals surface area contributed by atoms with Crippen LogP contribution < -0.4 is 10.6 Å². The predicted octanol–water partition coefficient (Wildman–Crippen LogP) is 6.75. The van der Waals surface area contributed by atoms with E-state index in [2.05, 4.69) is 20.6 Å². The predicted molar refractivity (Wildman–Crippen MR) is 155 cm³/mol. The average Bonchev–Trinajstić information content (AvgIpc) is 2.98. The Morgan fingerprint density at radius 3 is 2.50 bits per heavy atom. The van der Waals surface area contributed by atoms with Crippen molar-refractivity contribution < 1.29 is 9.18 Å². The van der Waals surface area contributed by atoms with Gasteiger partial charge in [0.15, 0.2) is 0 Å². The summed E-state index contributed by atoms with van der Waals surface area (Å²) in [7, 11) is 0. The third-order valence-electron chi connectivity index (χ3n) is 6.47. The lowest BCUT2D eigenvalue weighted by molar-refractivity contribution is 0.0954. The van der Waals surface area contributed by atoms with Gasteiger partial charge in [0.25, 0.3) is 5.91 Å². The van der Waals surface area contributed by atoms with E-state index in [1.54, 1.807) is 73.2 Å². The number of nitrogens with zero attached hydrogens (tertiary/aromatic N) is 4. The lowest BCUT2D eigenvalue weighted by Crippen LogP contribution is -2.25. The number of pyridine rings is 2. The molecule has 6 aromatic rings. The first kappa shape index (κ1) is 25.3. The Bertz CT molecular complexity index is 1850. The molecular formula is C31H22ClFN6O. The maximum atomic E-state index is 14.7. The van der Waals surface area contributed by atoms with Crippen LogP contribution in [0.1, 0.15) is 15.9 Å². The van der Waals surface area contributed by atoms with E-state index >= 15 is 0 Å². The summed E-state index contributed by atoms with van der Waals surface area (Å²) < 4.78 is 14.7. The Balaban J connectivity index is 1.23. The van der Waals surface area contributed by atoms with Crippen LogP contribution in [0.15, 0.2) is 97.5 Å². The third-order valence-corrected chi connectivity index (χ3v) is 6.71. The topological polar surface area (TPSA) is 92.7 Å². The molecule has 2 N–H and O–H groups in total. The maximum Gasteiger partial charge on any atom is 0.251 e. The zero-order chi connectivity index (χ0) is 27.5. The molecule has 3 aromatic carbocycles. The molecule has 9 heteroatoms. The van der Waals surface area contributed by atoms with Crippen LogP contribution in [-0.2, 0) is 6.42 Å². The van der Waals surface area contributed by atoms with Gasteiger partial charge in [0, 0.05) is 51.5 Å². The van der Waals surface area contributed by atoms with Gasteiger partial charge in [0.1, 0.15) is 16.9 Å². The fraction of sp³-hybridized carbons (Fsp3) is 0.0645. The van der Waals surface area contributed by atoms with Gasteiger partial charge in [-0.3, -0.25) is 9.78 Å². The molecule has 40 heavy (non-hydrogen) atoms. The summed E-state index contributed by atoms with van der Waals surface area (Å²) in [5.74, 6) is -0.163. The first-order chi connectivity index (χ1) is 19.5. The lowest BCUT2D eigenvalue weighted by atomic mass is 10.0. The van der Waals surface area contributed by atoms with E-state index in [1.165, 1.54) is 6.07 Å². The highest BCUT2D eigenvalue weighted by Crippen LogP contribution is 2.34. The molecule has 0 aliphatic heterocycles. The number of anilines is 2. The van der Waals surface area contributed by atoms with E-state index in [-0.39, 0.29) is 11.7 Å². The first-order valence-electron chi connectivity index (χ1n) is 12.6. The molecule has 1 amide bonds. The van der Waals surface area contributed by atoms with Gasteiger partial charge < -0.3 is 10.6 Å². The van der Waals surface area contributed by atoms with Crippen LogP contribution >= 0.6 is 11.6 Å². The molecule has 0 radical (unpaired) electrons. The summed E-state index contributed by atoms with van der Waals surface area (Å²) in [6.07, 6.45) is 5.80. The van der Waals surface area contributed by atoms with Gasteiger partial charge in [-0.15, -0.1) is 0 Å². The lowest BCUT2D eigenvalue weighted by Gasteiger charge is -2.12. The quantitative estimate of drug-likeness (QED) is 0.214. The van der Waals surface area contributed by atoms with Crippen molar-refractivity contribution in [1.29, 1.82) is 0 Å². The number of hydrogen-bond donors (Lipinski definition) is 2. The number of carbonyl (C=O) groups excluding carboxylic acids is 1. The molecule has 0 saturated heterocycles. The monoisotopic (exact) mass is 548 g/mol. The standard InChI is InChI=1S/C31H22ClFN6O/c32-21-7-10-23-25(17-21)28(24-3-1-2-4-26(24)33)38-27-18-36-31(39-29(23)27)37-22-8-5-20(6-9-22)30(40)35-16-13-19-11-14-34-15-12-19/h1-12,14-15,17-18H,13,16H2,(H,35,40)(H,36,37,39). The van der Waals surface area contributed by atoms with Crippen molar-refractivity contribution in [3.63, 3.8) is 0 Å². The summed E-state index contributed by atoms with van der Waals surface area (Å²) in [5.41, 5.74) is 4.36. The molecule has 0 spiro atoms. The van der Waals surface area contributed by atoms with E-state index in [4.69, 9.17) is 21.6 Å². The van der Waals surface area contributed by atoms with E-state index in [0.29, 0.717) is 50.8 Å². The van der Waals surface area contributed by atoms with Gasteiger partial charge in [0.2, 0.25) is 5.95 Å². The molecule has 0 fully saturated rings. The van der Waals surface area contributed by atoms with Crippen LogP contribution in [0.3, 0.4) is 0 Å². The van der Waals surface area contributed by atoms with E-state index in [9.17, 15) is 9.18 Å². The minimum atomic E-state index is -0.374. The zero-order valence-electron chi connectivity index (χ0n) is 21.1. The third kappa shape index (κ3) is 5.30. The van der Waals surface area contributed by atoms with E-state index in [0.717, 1.165) is 23.1 Å². The van der Waals surface area contributed by atoms with Crippen molar-refractivity contribution in [2.24, 2.45) is 0 Å². The molecule has 0 aliphatic rings. The van der Waals surface area contributed by atoms with Crippen LogP contribution in [0.2, 0.25) is 5.02 Å². The summed E-state index contributed by atoms with van der Waals surface area (Å²) in [4.78, 5) is 30.4. The molecule has 3 aromatic heterocycles. The molecule has 7 nitrogen and oxygen atoms in total. The van der Waals surface area contributed by atoms with Crippen LogP contribution in [0.5, 0.6) is 0 Å². The minimum absolute atomic E-state index is 0.149. The molecule has 6 rings (SSSR count). The van der Waals surface area contributed by atoms with Crippen LogP contribution in [0.25, 0.3) is 33.1 Å². The summed E-state index contributed by atoms with van der Waals surface area (Å²) in [6.45, 7) is 0.527. The van der Waals surface area contributed by atoms with Gasteiger partial charge in [-0.1, -0.05) is 29.8 Å². The number of carbonyl (C=O) groups is 1. The van der Waals surface area contributed by atoms with Crippen molar-refractivity contribution in [1.82, 2.24) is 25.3 Å². The molecular weight excluding hydrogens is 527 g/mol. The van der Waals surface area contributed by atoms with Gasteiger partial charge >= 0.3 is 0 Å². The van der Waals surface area contributed by atoms with Crippen molar-refractivity contribution in [3.05, 3.63) is 119 Å². The fourth-order valence-corrected chi connectivity index (χ4v) is 4.65. The number of aromatic nitrogens is 4. The summed E-state index contributed by atoms with van der Waals surface area (Å²) in [6, 6.07) is 22.8. The number of rotatable bonds is 7. The number of benzene rings is 3. The molecule has 0 aliphatic carbocycles. The van der Waals surface area contributed by atoms with Gasteiger partial charge in [-0.05, 0) is 72.6 Å². The van der Waals surface area contributed by atoms with Crippen molar-refractivity contribution >= 4 is 50.9 Å². The van der Waals surface area contributed by atoms with Gasteiger partial charge in [0.05, 0.1) is 11.9 Å². The Hall–Kier alpha value is -4.95. The van der Waals surface area contributed by atoms with Crippen molar-refractivity contribution in [2.75, 3.05) is 11.9 Å². The average molecular weight is 549 g/mol. The molecule has 0 atom stereocenters. The Morgan fingerprint density at radius 1 is 0.900 bits per heavy atom. The highest BCUT2D eigenvalue weighted by molar-refractivity contribution is 6.31. The number of halogens is 2. The second-order valence-corrected chi connectivity index (χ2v) is 9.56. The Labute approximate surface area is 234 Å². The highest BCUT2D eigenvalue weighted by atomic mass is 35.5. The van der Waals surface area contributed by atoms with Crippen LogP contribution in [0, 0.1) is 5.82 Å². The Kier molecular flexibility index (Phi) is 6.99. The van der Waals surface area contributed by atoms with E-state index in [1.807, 2.05) is 18.2 Å². The van der Waals surface area contributed by atoms with Crippen molar-refractivity contribution in [2.45, 2.75) is 6.42 Å². The molecule has 0 unspecified atom stereocenters. The van der Waals surface area contributed by atoms with Crippen LogP contribution in [0.4, 0.5) is 16.0 Å². The van der Waals surface area contributed by atoms with Gasteiger partial charge in [-0.2, -0.15) is 0 Å². The summed E-state index contributed by atoms with van der Waals surface area (Å²) in [5, 5.41) is 8.10. The van der Waals surface area contributed by atoms with Gasteiger partial charge in [-0.25, -0.2) is 19.3 Å². The molecule has 3 heterocycles. The molecule has 0 saturated carbocycles. The number of hydrogen-bond acceptors (Lipinski definition) is 6. The largest absolute Gasteiger partial charge is 0.352 e. The molecule has 0 bridgehead atoms. The zero-order valence-corrected chi connectivity index (χ0v) is 21.9. The highest BCUT2D eigenvalue weighted by Gasteiger charge is 2.16. The number of amides is 1. The van der Waals surface area contributed by atoms with E-state index < -0.39 is 0 Å². The van der Waals surface area contributed by atoms with Crippen LogP contribution in [-0.4, -0.2) is 32.4 Å². The number of nitrogens with one attached hydrogen (secondary N) is 2. The first-order valence-corrected chi connectivity index (χ1v) is 13.0. The number of fused-ring (bicyclic) bond motifs is 3. The Morgan fingerprint density at radius 2 is 1.70 bits per heavy atom. The minimum Gasteiger partial charge on any atom is -0.352 e.